The first-order valence-electron chi connectivity index (χ1n) is 5.87. The molecular formula is C14H12N4O2. The van der Waals surface area contributed by atoms with Crippen LogP contribution in [0.4, 0.5) is 17.1 Å². The van der Waals surface area contributed by atoms with Crippen molar-refractivity contribution in [1.82, 2.24) is 0 Å². The molecule has 2 aromatic carbocycles. The molecule has 0 atom stereocenters. The number of phenols is 1. The summed E-state index contributed by atoms with van der Waals surface area (Å²) in [6.45, 7) is 0. The van der Waals surface area contributed by atoms with Crippen molar-refractivity contribution in [1.29, 1.82) is 5.41 Å². The lowest BCUT2D eigenvalue weighted by molar-refractivity contribution is 0.103. The minimum absolute atomic E-state index is 0.0517. The van der Waals surface area contributed by atoms with Crippen molar-refractivity contribution >= 4 is 28.6 Å². The number of fused-ring (bicyclic) bond motifs is 2. The number of carbonyl (C=O) groups is 1. The van der Waals surface area contributed by atoms with E-state index in [1.54, 1.807) is 0 Å². The number of ketones is 1. The first-order chi connectivity index (χ1) is 9.43. The average molecular weight is 268 g/mol. The summed E-state index contributed by atoms with van der Waals surface area (Å²) in [7, 11) is 0. The van der Waals surface area contributed by atoms with Gasteiger partial charge in [-0.05, 0) is 24.3 Å². The number of anilines is 3. The molecule has 0 amide bonds. The van der Waals surface area contributed by atoms with E-state index in [1.807, 2.05) is 0 Å². The Labute approximate surface area is 114 Å². The van der Waals surface area contributed by atoms with Crippen molar-refractivity contribution in [3.8, 4) is 5.75 Å². The molecule has 3 rings (SSSR count). The standard InChI is InChI=1S/C14H12N4O2/c15-5-1-2-6(16)10-9(5)13(18)12-8(19)4-3-7(17)11(12)14(10)20/h1-4,18-19H,15-17H2. The monoisotopic (exact) mass is 268 g/mol. The molecule has 0 saturated carbocycles. The minimum Gasteiger partial charge on any atom is -0.507 e. The van der Waals surface area contributed by atoms with Gasteiger partial charge in [-0.25, -0.2) is 0 Å². The van der Waals surface area contributed by atoms with Gasteiger partial charge in [0.1, 0.15) is 5.75 Å². The Hall–Kier alpha value is -3.02. The maximum Gasteiger partial charge on any atom is 0.198 e. The normalized spacial score (nSPS) is 13.0. The summed E-state index contributed by atoms with van der Waals surface area (Å²) in [6.07, 6.45) is 0. The van der Waals surface area contributed by atoms with Crippen molar-refractivity contribution in [2.45, 2.75) is 0 Å². The molecule has 0 heterocycles. The average Bonchev–Trinajstić information content (AvgIpc) is 2.41. The molecule has 0 fully saturated rings. The van der Waals surface area contributed by atoms with Crippen molar-refractivity contribution in [3.05, 3.63) is 46.5 Å². The lowest BCUT2D eigenvalue weighted by atomic mass is 9.81. The van der Waals surface area contributed by atoms with E-state index < -0.39 is 5.78 Å². The Morgan fingerprint density at radius 1 is 0.800 bits per heavy atom. The highest BCUT2D eigenvalue weighted by Crippen LogP contribution is 2.39. The fourth-order valence-corrected chi connectivity index (χ4v) is 2.50. The molecule has 0 bridgehead atoms. The van der Waals surface area contributed by atoms with Gasteiger partial charge in [0.05, 0.1) is 22.4 Å². The second kappa shape index (κ2) is 3.74. The van der Waals surface area contributed by atoms with E-state index in [9.17, 15) is 9.90 Å². The van der Waals surface area contributed by atoms with E-state index in [4.69, 9.17) is 22.6 Å². The molecule has 1 aliphatic carbocycles. The lowest BCUT2D eigenvalue weighted by Gasteiger charge is -2.24. The molecule has 100 valence electrons. The largest absolute Gasteiger partial charge is 0.507 e. The zero-order valence-electron chi connectivity index (χ0n) is 10.4. The topological polar surface area (TPSA) is 139 Å². The molecule has 0 aromatic heterocycles. The van der Waals surface area contributed by atoms with Crippen LogP contribution < -0.4 is 17.2 Å². The summed E-state index contributed by atoms with van der Waals surface area (Å²) >= 11 is 0. The second-order valence-corrected chi connectivity index (χ2v) is 4.62. The molecule has 0 radical (unpaired) electrons. The van der Waals surface area contributed by atoms with E-state index in [0.29, 0.717) is 0 Å². The van der Waals surface area contributed by atoms with Gasteiger partial charge in [0.15, 0.2) is 5.78 Å². The molecule has 0 unspecified atom stereocenters. The zero-order valence-corrected chi connectivity index (χ0v) is 10.4. The van der Waals surface area contributed by atoms with Crippen LogP contribution in [0.25, 0.3) is 0 Å². The molecule has 8 N–H and O–H groups in total. The van der Waals surface area contributed by atoms with Crippen LogP contribution in [0.2, 0.25) is 0 Å². The number of benzene rings is 2. The number of nitrogens with one attached hydrogen (secondary N) is 1. The van der Waals surface area contributed by atoms with Crippen LogP contribution in [-0.2, 0) is 0 Å². The Morgan fingerprint density at radius 3 is 1.85 bits per heavy atom. The summed E-state index contributed by atoms with van der Waals surface area (Å²) in [5.74, 6) is -0.607. The van der Waals surface area contributed by atoms with Crippen molar-refractivity contribution in [2.24, 2.45) is 0 Å². The van der Waals surface area contributed by atoms with Crippen LogP contribution in [-0.4, -0.2) is 16.6 Å². The molecule has 0 spiro atoms. The number of aromatic hydroxyl groups is 1. The Morgan fingerprint density at radius 2 is 1.25 bits per heavy atom. The van der Waals surface area contributed by atoms with Crippen LogP contribution in [0.15, 0.2) is 24.3 Å². The SMILES string of the molecule is N=C1c2c(N)ccc(N)c2C(=O)c2c(N)ccc(O)c21. The Bertz CT molecular complexity index is 667. The third-order valence-corrected chi connectivity index (χ3v) is 3.44. The maximum absolute atomic E-state index is 12.6. The summed E-state index contributed by atoms with van der Waals surface area (Å²) in [6, 6.07) is 5.82. The highest BCUT2D eigenvalue weighted by molar-refractivity contribution is 6.34. The zero-order chi connectivity index (χ0) is 14.6. The molecular weight excluding hydrogens is 256 g/mol. The van der Waals surface area contributed by atoms with Gasteiger partial charge in [-0.15, -0.1) is 0 Å². The molecule has 2 aromatic rings. The third-order valence-electron chi connectivity index (χ3n) is 3.44. The predicted octanol–water partition coefficient (Wildman–Crippen LogP) is 1.10. The van der Waals surface area contributed by atoms with Crippen molar-refractivity contribution in [3.63, 3.8) is 0 Å². The fraction of sp³-hybridized carbons (Fsp3) is 0. The molecule has 6 nitrogen and oxygen atoms in total. The number of rotatable bonds is 0. The van der Waals surface area contributed by atoms with Gasteiger partial charge < -0.3 is 22.3 Å². The Kier molecular flexibility index (Phi) is 2.25. The van der Waals surface area contributed by atoms with Gasteiger partial charge in [-0.1, -0.05) is 0 Å². The van der Waals surface area contributed by atoms with Gasteiger partial charge in [0, 0.05) is 22.6 Å². The molecule has 1 aliphatic rings. The molecule has 0 aliphatic heterocycles. The number of nitrogen functional groups attached to an aromatic ring is 3. The predicted molar refractivity (Wildman–Crippen MR) is 77.1 cm³/mol. The van der Waals surface area contributed by atoms with Crippen LogP contribution in [0.3, 0.4) is 0 Å². The minimum atomic E-state index is -0.427. The summed E-state index contributed by atoms with van der Waals surface area (Å²) in [5.41, 5.74) is 18.7. The van der Waals surface area contributed by atoms with Crippen LogP contribution in [0.1, 0.15) is 27.0 Å². The summed E-state index contributed by atoms with van der Waals surface area (Å²) < 4.78 is 0. The second-order valence-electron chi connectivity index (χ2n) is 4.62. The van der Waals surface area contributed by atoms with Gasteiger partial charge in [0.25, 0.3) is 0 Å². The highest BCUT2D eigenvalue weighted by Gasteiger charge is 2.34. The van der Waals surface area contributed by atoms with E-state index >= 15 is 0 Å². The van der Waals surface area contributed by atoms with Gasteiger partial charge >= 0.3 is 0 Å². The van der Waals surface area contributed by atoms with Crippen LogP contribution in [0.5, 0.6) is 5.75 Å². The van der Waals surface area contributed by atoms with Crippen LogP contribution in [0, 0.1) is 5.41 Å². The van der Waals surface area contributed by atoms with E-state index in [0.717, 1.165) is 0 Å². The van der Waals surface area contributed by atoms with E-state index in [1.165, 1.54) is 24.3 Å². The first kappa shape index (κ1) is 12.0. The van der Waals surface area contributed by atoms with E-state index in [-0.39, 0.29) is 50.8 Å². The smallest absolute Gasteiger partial charge is 0.198 e. The molecule has 6 heteroatoms. The number of phenolic OH excluding ortho intramolecular Hbond substituents is 1. The van der Waals surface area contributed by atoms with E-state index in [2.05, 4.69) is 0 Å². The quantitative estimate of drug-likeness (QED) is 0.307. The summed E-state index contributed by atoms with van der Waals surface area (Å²) in [5, 5.41) is 18.1. The van der Waals surface area contributed by atoms with Gasteiger partial charge in [-0.2, -0.15) is 0 Å². The third kappa shape index (κ3) is 1.33. The van der Waals surface area contributed by atoms with Crippen molar-refractivity contribution in [2.75, 3.05) is 17.2 Å². The van der Waals surface area contributed by atoms with Crippen molar-refractivity contribution < 1.29 is 9.90 Å². The number of nitrogens with two attached hydrogens (primary N) is 3. The number of hydrogen-bond acceptors (Lipinski definition) is 6. The maximum atomic E-state index is 12.6. The first-order valence-corrected chi connectivity index (χ1v) is 5.87. The van der Waals surface area contributed by atoms with Gasteiger partial charge in [-0.3, -0.25) is 10.2 Å². The number of hydrogen-bond donors (Lipinski definition) is 5. The summed E-state index contributed by atoms with van der Waals surface area (Å²) in [4.78, 5) is 12.6. The molecule has 0 saturated heterocycles. The Balaban J connectivity index is 2.46. The van der Waals surface area contributed by atoms with Gasteiger partial charge in [0.2, 0.25) is 0 Å². The number of carbonyl (C=O) groups excluding carboxylic acids is 1. The molecule has 20 heavy (non-hydrogen) atoms. The fourth-order valence-electron chi connectivity index (χ4n) is 2.50. The highest BCUT2D eigenvalue weighted by atomic mass is 16.3. The van der Waals surface area contributed by atoms with Crippen LogP contribution >= 0.6 is 0 Å². The lowest BCUT2D eigenvalue weighted by Crippen LogP contribution is -2.25.